The van der Waals surface area contributed by atoms with Crippen LogP contribution in [0.15, 0.2) is 24.3 Å². The summed E-state index contributed by atoms with van der Waals surface area (Å²) in [5, 5.41) is 0. The predicted molar refractivity (Wildman–Crippen MR) is 136 cm³/mol. The molecule has 0 rings (SSSR count). The number of esters is 4. The Hall–Kier alpha value is -2.49. The summed E-state index contributed by atoms with van der Waals surface area (Å²) in [6, 6.07) is 0. The molecule has 0 aromatic heterocycles. The fourth-order valence-corrected chi connectivity index (χ4v) is 3.56. The largest absolute Gasteiger partial charge is 0.462 e. The molecule has 0 spiro atoms. The summed E-state index contributed by atoms with van der Waals surface area (Å²) < 4.78 is 42.6. The minimum Gasteiger partial charge on any atom is -0.462 e. The fourth-order valence-electron chi connectivity index (χ4n) is 2.56. The van der Waals surface area contributed by atoms with Crippen LogP contribution in [0.5, 0.6) is 0 Å². The molecule has 0 aromatic carbocycles. The zero-order valence-corrected chi connectivity index (χ0v) is 23.1. The molecule has 0 aliphatic rings. The quantitative estimate of drug-likeness (QED) is 0.0629. The lowest BCUT2D eigenvalue weighted by Gasteiger charge is -2.14. The van der Waals surface area contributed by atoms with Gasteiger partial charge in [-0.1, -0.05) is 26.0 Å². The van der Waals surface area contributed by atoms with Crippen molar-refractivity contribution in [2.75, 3.05) is 46.3 Å². The van der Waals surface area contributed by atoms with Crippen molar-refractivity contribution in [2.24, 2.45) is 0 Å². The van der Waals surface area contributed by atoms with Crippen molar-refractivity contribution < 1.29 is 51.7 Å². The van der Waals surface area contributed by atoms with Crippen LogP contribution in [0, 0.1) is 0 Å². The second-order valence-corrected chi connectivity index (χ2v) is 10.4. The van der Waals surface area contributed by atoms with E-state index >= 15 is 0 Å². The van der Waals surface area contributed by atoms with Gasteiger partial charge in [0.2, 0.25) is 0 Å². The molecule has 11 nitrogen and oxygen atoms in total. The maximum absolute atomic E-state index is 12.3. The van der Waals surface area contributed by atoms with Crippen molar-refractivity contribution in [3.8, 4) is 0 Å². The Morgan fingerprint density at radius 3 is 1.27 bits per heavy atom. The molecule has 0 unspecified atom stereocenters. The van der Waals surface area contributed by atoms with Gasteiger partial charge in [0.25, 0.3) is 0 Å². The maximum atomic E-state index is 12.3. The zero-order chi connectivity index (χ0) is 28.1. The Morgan fingerprint density at radius 1 is 0.568 bits per heavy atom. The highest BCUT2D eigenvalue weighted by Gasteiger charge is 2.16. The second-order valence-electron chi connectivity index (χ2n) is 8.33. The standard InChI is InChI=1S/C25H41O11P/c1-20(2)24(28)33-18-16-31-22(26)12-8-6-10-14-35-37(5,30)36-15-11-7-9-13-23(27)32-17-19-34-25(29)21(3)4/h1,3,6-19H2,2,4-5H3. The summed E-state index contributed by atoms with van der Waals surface area (Å²) in [5.74, 6) is -1.81. The number of carbonyl (C=O) groups is 4. The molecule has 0 saturated heterocycles. The second kappa shape index (κ2) is 20.6. The molecular formula is C25H41O11P. The van der Waals surface area contributed by atoms with Gasteiger partial charge in [-0.3, -0.25) is 14.2 Å². The third-order valence-corrected chi connectivity index (χ3v) is 5.86. The average molecular weight is 549 g/mol. The third kappa shape index (κ3) is 21.3. The van der Waals surface area contributed by atoms with Crippen molar-refractivity contribution >= 4 is 31.5 Å². The molecule has 0 radical (unpaired) electrons. The Kier molecular flexibility index (Phi) is 19.2. The highest BCUT2D eigenvalue weighted by atomic mass is 31.2. The Balaban J connectivity index is 3.64. The average Bonchev–Trinajstić information content (AvgIpc) is 2.83. The van der Waals surface area contributed by atoms with Gasteiger partial charge in [0.1, 0.15) is 26.4 Å². The van der Waals surface area contributed by atoms with E-state index in [0.29, 0.717) is 38.5 Å². The highest BCUT2D eigenvalue weighted by Crippen LogP contribution is 2.44. The maximum Gasteiger partial charge on any atom is 0.333 e. The van der Waals surface area contributed by atoms with Gasteiger partial charge in [-0.05, 0) is 39.5 Å². The Bertz CT molecular complexity index is 744. The van der Waals surface area contributed by atoms with E-state index in [1.807, 2.05) is 0 Å². The minimum atomic E-state index is -3.17. The summed E-state index contributed by atoms with van der Waals surface area (Å²) in [6.07, 6.45) is 4.22. The smallest absolute Gasteiger partial charge is 0.333 e. The van der Waals surface area contributed by atoms with Crippen molar-refractivity contribution in [1.29, 1.82) is 0 Å². The van der Waals surface area contributed by atoms with E-state index in [9.17, 15) is 23.7 Å². The number of unbranched alkanes of at least 4 members (excludes halogenated alkanes) is 4. The van der Waals surface area contributed by atoms with Gasteiger partial charge in [-0.15, -0.1) is 0 Å². The van der Waals surface area contributed by atoms with E-state index in [1.54, 1.807) is 0 Å². The van der Waals surface area contributed by atoms with Gasteiger partial charge in [0.05, 0.1) is 13.2 Å². The van der Waals surface area contributed by atoms with Gasteiger partial charge in [-0.25, -0.2) is 9.59 Å². The summed E-state index contributed by atoms with van der Waals surface area (Å²) in [4.78, 5) is 45.6. The van der Waals surface area contributed by atoms with E-state index in [4.69, 9.17) is 28.0 Å². The predicted octanol–water partition coefficient (Wildman–Crippen LogP) is 4.29. The molecule has 0 bridgehead atoms. The highest BCUT2D eigenvalue weighted by molar-refractivity contribution is 7.52. The van der Waals surface area contributed by atoms with Gasteiger partial charge in [0, 0.05) is 30.7 Å². The first-order chi connectivity index (χ1) is 17.4. The molecule has 0 fully saturated rings. The van der Waals surface area contributed by atoms with Crippen LogP contribution >= 0.6 is 7.60 Å². The van der Waals surface area contributed by atoms with Crippen LogP contribution in [0.4, 0.5) is 0 Å². The first kappa shape index (κ1) is 34.5. The van der Waals surface area contributed by atoms with Crippen molar-refractivity contribution in [3.05, 3.63) is 24.3 Å². The summed E-state index contributed by atoms with van der Waals surface area (Å²) >= 11 is 0. The number of rotatable bonds is 22. The molecule has 0 heterocycles. The van der Waals surface area contributed by atoms with Crippen LogP contribution in [0.3, 0.4) is 0 Å². The number of ether oxygens (including phenoxy) is 4. The van der Waals surface area contributed by atoms with E-state index in [0.717, 1.165) is 0 Å². The van der Waals surface area contributed by atoms with Crippen LogP contribution < -0.4 is 0 Å². The van der Waals surface area contributed by atoms with Gasteiger partial charge in [0.15, 0.2) is 0 Å². The normalized spacial score (nSPS) is 10.9. The van der Waals surface area contributed by atoms with Gasteiger partial charge < -0.3 is 28.0 Å². The molecule has 12 heteroatoms. The van der Waals surface area contributed by atoms with Crippen molar-refractivity contribution in [2.45, 2.75) is 65.2 Å². The molecule has 0 aliphatic carbocycles. The molecule has 0 aromatic rings. The molecule has 0 saturated carbocycles. The topological polar surface area (TPSA) is 141 Å². The Morgan fingerprint density at radius 2 is 0.919 bits per heavy atom. The fraction of sp³-hybridized carbons (Fsp3) is 0.680. The lowest BCUT2D eigenvalue weighted by Crippen LogP contribution is -2.14. The van der Waals surface area contributed by atoms with Crippen LogP contribution in [0.2, 0.25) is 0 Å². The van der Waals surface area contributed by atoms with Crippen LogP contribution in [0.25, 0.3) is 0 Å². The molecule has 0 N–H and O–H groups in total. The minimum absolute atomic E-state index is 0.00378. The number of hydrogen-bond acceptors (Lipinski definition) is 11. The first-order valence-corrected chi connectivity index (χ1v) is 14.3. The molecule has 0 aliphatic heterocycles. The van der Waals surface area contributed by atoms with Gasteiger partial charge in [-0.2, -0.15) is 0 Å². The summed E-state index contributed by atoms with van der Waals surface area (Å²) in [6.45, 7) is 11.8. The molecule has 212 valence electrons. The van der Waals surface area contributed by atoms with Gasteiger partial charge >= 0.3 is 31.5 Å². The SMILES string of the molecule is C=C(C)C(=O)OCCOC(=O)CCCCCOP(C)(=O)OCCCCCC(=O)OCCOC(=O)C(=C)C. The van der Waals surface area contributed by atoms with E-state index in [-0.39, 0.29) is 75.6 Å². The molecule has 0 atom stereocenters. The van der Waals surface area contributed by atoms with E-state index < -0.39 is 19.5 Å². The first-order valence-electron chi connectivity index (χ1n) is 12.3. The van der Waals surface area contributed by atoms with Crippen LogP contribution in [-0.2, 0) is 51.7 Å². The molecule has 0 amide bonds. The molecular weight excluding hydrogens is 507 g/mol. The number of carbonyl (C=O) groups excluding carboxylic acids is 4. The van der Waals surface area contributed by atoms with Crippen molar-refractivity contribution in [1.82, 2.24) is 0 Å². The lowest BCUT2D eigenvalue weighted by molar-refractivity contribution is -0.150. The van der Waals surface area contributed by atoms with E-state index in [1.165, 1.54) is 20.5 Å². The zero-order valence-electron chi connectivity index (χ0n) is 22.3. The third-order valence-electron chi connectivity index (χ3n) is 4.56. The summed E-state index contributed by atoms with van der Waals surface area (Å²) in [7, 11) is -3.17. The van der Waals surface area contributed by atoms with E-state index in [2.05, 4.69) is 13.2 Å². The Labute approximate surface area is 219 Å². The summed E-state index contributed by atoms with van der Waals surface area (Å²) in [5.41, 5.74) is 0.563. The van der Waals surface area contributed by atoms with Crippen LogP contribution in [-0.4, -0.2) is 70.2 Å². The van der Waals surface area contributed by atoms with Crippen molar-refractivity contribution in [3.63, 3.8) is 0 Å². The lowest BCUT2D eigenvalue weighted by atomic mass is 10.2. The number of hydrogen-bond donors (Lipinski definition) is 0. The molecule has 37 heavy (non-hydrogen) atoms. The van der Waals surface area contributed by atoms with Crippen LogP contribution in [0.1, 0.15) is 65.2 Å². The monoisotopic (exact) mass is 548 g/mol.